The molecule has 1 aromatic heterocycles. The maximum atomic E-state index is 12.1. The minimum Gasteiger partial charge on any atom is -0.481 e. The lowest BCUT2D eigenvalue weighted by molar-refractivity contribution is -0.140. The number of aliphatic carboxylic acids is 2. The molecule has 0 saturated carbocycles. The molecule has 0 spiro atoms. The van der Waals surface area contributed by atoms with Crippen LogP contribution in [0, 0.1) is 20.8 Å². The van der Waals surface area contributed by atoms with Gasteiger partial charge in [-0.2, -0.15) is 0 Å². The molecule has 0 fully saturated rings. The molecule has 1 heterocycles. The molecule has 7 heteroatoms. The van der Waals surface area contributed by atoms with Crippen molar-refractivity contribution in [1.82, 2.24) is 5.32 Å². The Morgan fingerprint density at radius 3 is 2.15 bits per heavy atom. The van der Waals surface area contributed by atoms with Crippen LogP contribution in [0.4, 0.5) is 0 Å². The molecule has 0 aliphatic rings. The van der Waals surface area contributed by atoms with Gasteiger partial charge in [0.2, 0.25) is 0 Å². The Bertz CT molecular complexity index is 545. The Labute approximate surface area is 115 Å². The molecule has 1 atom stereocenters. The zero-order chi connectivity index (χ0) is 15.4. The highest BCUT2D eigenvalue weighted by Gasteiger charge is 2.25. The number of hydrogen-bond acceptors (Lipinski definition) is 4. The van der Waals surface area contributed by atoms with Gasteiger partial charge < -0.3 is 19.9 Å². The van der Waals surface area contributed by atoms with Gasteiger partial charge in [-0.05, 0) is 27.2 Å². The smallest absolute Gasteiger partial charge is 0.326 e. The van der Waals surface area contributed by atoms with Gasteiger partial charge in [0.1, 0.15) is 17.6 Å². The van der Waals surface area contributed by atoms with Crippen LogP contribution in [0.5, 0.6) is 0 Å². The molecule has 0 aliphatic carbocycles. The van der Waals surface area contributed by atoms with Gasteiger partial charge in [-0.25, -0.2) is 4.79 Å². The van der Waals surface area contributed by atoms with E-state index in [1.54, 1.807) is 20.8 Å². The summed E-state index contributed by atoms with van der Waals surface area (Å²) in [6.07, 6.45) is -0.509. The van der Waals surface area contributed by atoms with Crippen LogP contribution >= 0.6 is 0 Å². The summed E-state index contributed by atoms with van der Waals surface area (Å²) in [5, 5.41) is 19.9. The predicted molar refractivity (Wildman–Crippen MR) is 68.7 cm³/mol. The summed E-state index contributed by atoms with van der Waals surface area (Å²) in [5.41, 5.74) is 0.937. The lowest BCUT2D eigenvalue weighted by Gasteiger charge is -2.13. The second-order valence-electron chi connectivity index (χ2n) is 4.51. The molecule has 20 heavy (non-hydrogen) atoms. The molecule has 1 unspecified atom stereocenters. The fourth-order valence-corrected chi connectivity index (χ4v) is 1.88. The molecule has 1 aromatic rings. The third-order valence-corrected chi connectivity index (χ3v) is 3.04. The highest BCUT2D eigenvalue weighted by atomic mass is 16.4. The normalized spacial score (nSPS) is 11.9. The zero-order valence-electron chi connectivity index (χ0n) is 11.5. The first-order valence-corrected chi connectivity index (χ1v) is 6.06. The number of carbonyl (C=O) groups is 3. The molecule has 0 aromatic carbocycles. The van der Waals surface area contributed by atoms with Crippen LogP contribution < -0.4 is 5.32 Å². The highest BCUT2D eigenvalue weighted by Crippen LogP contribution is 2.20. The van der Waals surface area contributed by atoms with Gasteiger partial charge >= 0.3 is 11.9 Å². The number of hydrogen-bond donors (Lipinski definition) is 3. The Kier molecular flexibility index (Phi) is 4.90. The van der Waals surface area contributed by atoms with Crippen LogP contribution in [-0.4, -0.2) is 34.1 Å². The van der Waals surface area contributed by atoms with Crippen molar-refractivity contribution in [2.75, 3.05) is 0 Å². The lowest BCUT2D eigenvalue weighted by atomic mass is 10.1. The molecule has 0 saturated heterocycles. The van der Waals surface area contributed by atoms with E-state index in [9.17, 15) is 14.4 Å². The second-order valence-corrected chi connectivity index (χ2v) is 4.51. The molecule has 7 nitrogen and oxygen atoms in total. The minimum absolute atomic E-state index is 0.175. The van der Waals surface area contributed by atoms with Crippen molar-refractivity contribution in [3.05, 3.63) is 22.6 Å². The largest absolute Gasteiger partial charge is 0.481 e. The average Bonchev–Trinajstić information content (AvgIpc) is 2.58. The van der Waals surface area contributed by atoms with Gasteiger partial charge in [-0.15, -0.1) is 0 Å². The first-order valence-electron chi connectivity index (χ1n) is 6.06. The summed E-state index contributed by atoms with van der Waals surface area (Å²) in [6.45, 7) is 5.02. The van der Waals surface area contributed by atoms with Gasteiger partial charge in [0.05, 0.1) is 5.56 Å². The Balaban J connectivity index is 2.85. The number of nitrogens with one attached hydrogen (secondary N) is 1. The quantitative estimate of drug-likeness (QED) is 0.723. The monoisotopic (exact) mass is 283 g/mol. The van der Waals surface area contributed by atoms with E-state index in [2.05, 4.69) is 5.32 Å². The average molecular weight is 283 g/mol. The standard InChI is InChI=1S/C13H17NO6/c1-6-7(2)20-8(3)11(6)12(17)14-9(13(18)19)4-5-10(15)16/h9H,4-5H2,1-3H3,(H,14,17)(H,15,16)(H,18,19). The predicted octanol–water partition coefficient (Wildman–Crippen LogP) is 1.25. The van der Waals surface area contributed by atoms with Gasteiger partial charge in [0.25, 0.3) is 5.91 Å². The van der Waals surface area contributed by atoms with E-state index in [-0.39, 0.29) is 12.8 Å². The van der Waals surface area contributed by atoms with Crippen LogP contribution in [0.2, 0.25) is 0 Å². The van der Waals surface area contributed by atoms with Gasteiger partial charge in [-0.3, -0.25) is 9.59 Å². The van der Waals surface area contributed by atoms with Gasteiger partial charge in [0, 0.05) is 12.0 Å². The lowest BCUT2D eigenvalue weighted by Crippen LogP contribution is -2.41. The summed E-state index contributed by atoms with van der Waals surface area (Å²) >= 11 is 0. The van der Waals surface area contributed by atoms with Crippen molar-refractivity contribution >= 4 is 17.8 Å². The topological polar surface area (TPSA) is 117 Å². The van der Waals surface area contributed by atoms with Gasteiger partial charge in [-0.1, -0.05) is 0 Å². The van der Waals surface area contributed by atoms with Crippen LogP contribution in [0.1, 0.15) is 40.3 Å². The number of carboxylic acid groups (broad SMARTS) is 2. The van der Waals surface area contributed by atoms with Crippen molar-refractivity contribution in [2.45, 2.75) is 39.7 Å². The molecule has 3 N–H and O–H groups in total. The third kappa shape index (κ3) is 3.59. The minimum atomic E-state index is -1.27. The number of amides is 1. The van der Waals surface area contributed by atoms with Crippen LogP contribution in [0.3, 0.4) is 0 Å². The SMILES string of the molecule is Cc1oc(C)c(C(=O)NC(CCC(=O)O)C(=O)O)c1C. The van der Waals surface area contributed by atoms with Crippen molar-refractivity contribution in [3.8, 4) is 0 Å². The van der Waals surface area contributed by atoms with E-state index in [0.29, 0.717) is 22.6 Å². The first-order chi connectivity index (χ1) is 9.23. The number of furan rings is 1. The van der Waals surface area contributed by atoms with E-state index in [4.69, 9.17) is 14.6 Å². The molecule has 0 radical (unpaired) electrons. The van der Waals surface area contributed by atoms with E-state index >= 15 is 0 Å². The number of carboxylic acids is 2. The van der Waals surface area contributed by atoms with E-state index in [0.717, 1.165) is 0 Å². The molecule has 1 amide bonds. The van der Waals surface area contributed by atoms with Crippen molar-refractivity contribution in [2.24, 2.45) is 0 Å². The molecule has 0 bridgehead atoms. The molecule has 0 aliphatic heterocycles. The molecular formula is C13H17NO6. The van der Waals surface area contributed by atoms with E-state index in [1.807, 2.05) is 0 Å². The second kappa shape index (κ2) is 6.23. The van der Waals surface area contributed by atoms with Crippen molar-refractivity contribution in [3.63, 3.8) is 0 Å². The highest BCUT2D eigenvalue weighted by molar-refractivity contribution is 5.98. The molecular weight excluding hydrogens is 266 g/mol. The van der Waals surface area contributed by atoms with Crippen molar-refractivity contribution < 1.29 is 29.0 Å². The summed E-state index contributed by atoms with van der Waals surface area (Å²) < 4.78 is 5.30. The summed E-state index contributed by atoms with van der Waals surface area (Å²) in [6, 6.07) is -1.24. The van der Waals surface area contributed by atoms with Crippen LogP contribution in [-0.2, 0) is 9.59 Å². The summed E-state index contributed by atoms with van der Waals surface area (Å²) in [7, 11) is 0. The maximum absolute atomic E-state index is 12.1. The van der Waals surface area contributed by atoms with Crippen LogP contribution in [0.25, 0.3) is 0 Å². The molecule has 110 valence electrons. The fraction of sp³-hybridized carbons (Fsp3) is 0.462. The Hall–Kier alpha value is -2.31. The third-order valence-electron chi connectivity index (χ3n) is 3.04. The van der Waals surface area contributed by atoms with E-state index < -0.39 is 23.9 Å². The zero-order valence-corrected chi connectivity index (χ0v) is 11.5. The Morgan fingerprint density at radius 1 is 1.15 bits per heavy atom. The summed E-state index contributed by atoms with van der Waals surface area (Å²) in [5.74, 6) is -1.97. The number of rotatable bonds is 6. The van der Waals surface area contributed by atoms with Crippen LogP contribution in [0.15, 0.2) is 4.42 Å². The first kappa shape index (κ1) is 15.7. The van der Waals surface area contributed by atoms with Crippen molar-refractivity contribution in [1.29, 1.82) is 0 Å². The fourth-order valence-electron chi connectivity index (χ4n) is 1.88. The maximum Gasteiger partial charge on any atom is 0.326 e. The van der Waals surface area contributed by atoms with E-state index in [1.165, 1.54) is 0 Å². The number of carbonyl (C=O) groups excluding carboxylic acids is 1. The summed E-state index contributed by atoms with van der Waals surface area (Å²) in [4.78, 5) is 33.6. The Morgan fingerprint density at radius 2 is 1.75 bits per heavy atom. The van der Waals surface area contributed by atoms with Gasteiger partial charge in [0.15, 0.2) is 0 Å². The number of aryl methyl sites for hydroxylation is 2. The molecule has 1 rings (SSSR count).